The first-order valence-corrected chi connectivity index (χ1v) is 12.0. The van der Waals surface area contributed by atoms with E-state index in [0.717, 1.165) is 21.7 Å². The predicted octanol–water partition coefficient (Wildman–Crippen LogP) is 6.99. The molecule has 37 heavy (non-hydrogen) atoms. The maximum absolute atomic E-state index is 13.3. The average Bonchev–Trinajstić information content (AvgIpc) is 3.36. The van der Waals surface area contributed by atoms with E-state index in [1.807, 2.05) is 91.0 Å². The molecule has 0 radical (unpaired) electrons. The molecule has 0 aliphatic rings. The van der Waals surface area contributed by atoms with E-state index in [9.17, 15) is 9.59 Å². The summed E-state index contributed by atoms with van der Waals surface area (Å²) >= 11 is 0. The Kier molecular flexibility index (Phi) is 5.62. The van der Waals surface area contributed by atoms with Crippen LogP contribution in [0.4, 0.5) is 5.69 Å². The molecule has 5 aromatic carbocycles. The van der Waals surface area contributed by atoms with Crippen LogP contribution < -0.4 is 5.32 Å². The van der Waals surface area contributed by atoms with Crippen LogP contribution in [0.2, 0.25) is 0 Å². The molecule has 1 aromatic heterocycles. The number of esters is 1. The Labute approximate surface area is 212 Å². The highest BCUT2D eigenvalue weighted by Gasteiger charge is 2.23. The molecule has 1 heterocycles. The number of nitrogens with one attached hydrogen (secondary N) is 1. The number of hydrogen-bond donors (Lipinski definition) is 1. The van der Waals surface area contributed by atoms with Crippen molar-refractivity contribution in [3.63, 3.8) is 0 Å². The quantitative estimate of drug-likeness (QED) is 0.266. The number of rotatable bonds is 5. The summed E-state index contributed by atoms with van der Waals surface area (Å²) < 4.78 is 11.6. The number of fused-ring (bicyclic) bond motifs is 3. The summed E-state index contributed by atoms with van der Waals surface area (Å²) in [6, 6.07) is 32.1. The number of amides is 1. The molecule has 0 bridgehead atoms. The van der Waals surface area contributed by atoms with Crippen molar-refractivity contribution in [1.82, 2.24) is 4.98 Å². The number of nitrogens with zero attached hydrogens (tertiary/aromatic N) is 1. The predicted molar refractivity (Wildman–Crippen MR) is 144 cm³/mol. The normalized spacial score (nSPS) is 12.0. The topological polar surface area (TPSA) is 81.4 Å². The summed E-state index contributed by atoms with van der Waals surface area (Å²) in [6.45, 7) is 1.56. The lowest BCUT2D eigenvalue weighted by Gasteiger charge is -2.15. The summed E-state index contributed by atoms with van der Waals surface area (Å²) in [7, 11) is 0. The van der Waals surface area contributed by atoms with E-state index in [1.165, 1.54) is 0 Å². The molecule has 1 atom stereocenters. The van der Waals surface area contributed by atoms with Gasteiger partial charge in [0.15, 0.2) is 11.7 Å². The third-order valence-corrected chi connectivity index (χ3v) is 6.32. The third-order valence-electron chi connectivity index (χ3n) is 6.32. The fraction of sp³-hybridized carbons (Fsp3) is 0.0645. The van der Waals surface area contributed by atoms with Crippen LogP contribution in [0.3, 0.4) is 0 Å². The van der Waals surface area contributed by atoms with Crippen LogP contribution in [0.1, 0.15) is 17.3 Å². The monoisotopic (exact) mass is 486 g/mol. The Balaban J connectivity index is 1.28. The highest BCUT2D eigenvalue weighted by atomic mass is 16.5. The second kappa shape index (κ2) is 9.24. The minimum atomic E-state index is -1.01. The fourth-order valence-electron chi connectivity index (χ4n) is 4.47. The van der Waals surface area contributed by atoms with Gasteiger partial charge >= 0.3 is 5.97 Å². The van der Waals surface area contributed by atoms with Gasteiger partial charge in [-0.1, -0.05) is 66.7 Å². The first kappa shape index (κ1) is 22.5. The van der Waals surface area contributed by atoms with E-state index in [4.69, 9.17) is 9.15 Å². The minimum absolute atomic E-state index is 0.334. The molecule has 0 spiro atoms. The summed E-state index contributed by atoms with van der Waals surface area (Å²) in [5.74, 6) is -0.604. The van der Waals surface area contributed by atoms with Crippen molar-refractivity contribution in [3.05, 3.63) is 109 Å². The van der Waals surface area contributed by atoms with Gasteiger partial charge in [-0.3, -0.25) is 4.79 Å². The van der Waals surface area contributed by atoms with E-state index in [-0.39, 0.29) is 0 Å². The van der Waals surface area contributed by atoms with Gasteiger partial charge in [-0.25, -0.2) is 9.78 Å². The number of aromatic nitrogens is 1. The Morgan fingerprint density at radius 2 is 1.54 bits per heavy atom. The molecule has 0 aliphatic heterocycles. The average molecular weight is 487 g/mol. The zero-order valence-corrected chi connectivity index (χ0v) is 20.0. The Hall–Kier alpha value is -4.97. The van der Waals surface area contributed by atoms with E-state index >= 15 is 0 Å². The molecule has 0 saturated carbocycles. The van der Waals surface area contributed by atoms with Crippen molar-refractivity contribution >= 4 is 50.2 Å². The highest BCUT2D eigenvalue weighted by molar-refractivity contribution is 6.11. The van der Waals surface area contributed by atoms with Gasteiger partial charge in [0.1, 0.15) is 5.52 Å². The molecular formula is C31H22N2O4. The van der Waals surface area contributed by atoms with E-state index in [2.05, 4.69) is 10.3 Å². The highest BCUT2D eigenvalue weighted by Crippen LogP contribution is 2.33. The van der Waals surface area contributed by atoms with Gasteiger partial charge in [0.05, 0.1) is 5.56 Å². The van der Waals surface area contributed by atoms with Gasteiger partial charge in [-0.05, 0) is 59.5 Å². The number of carbonyl (C=O) groups is 2. The number of hydrogen-bond acceptors (Lipinski definition) is 5. The van der Waals surface area contributed by atoms with Gasteiger partial charge in [0.2, 0.25) is 5.89 Å². The van der Waals surface area contributed by atoms with Crippen LogP contribution in [0.25, 0.3) is 44.1 Å². The van der Waals surface area contributed by atoms with Crippen LogP contribution in [0.5, 0.6) is 0 Å². The van der Waals surface area contributed by atoms with Crippen molar-refractivity contribution in [2.75, 3.05) is 5.32 Å². The molecule has 6 rings (SSSR count). The van der Waals surface area contributed by atoms with Crippen LogP contribution in [-0.4, -0.2) is 23.0 Å². The smallest absolute Gasteiger partial charge is 0.339 e. The van der Waals surface area contributed by atoms with Crippen molar-refractivity contribution < 1.29 is 18.7 Å². The van der Waals surface area contributed by atoms with Crippen molar-refractivity contribution in [2.45, 2.75) is 13.0 Å². The Morgan fingerprint density at radius 3 is 2.38 bits per heavy atom. The standard InChI is InChI=1S/C31H22N2O4/c1-19(29(34)32-23-17-16-20-8-2-3-9-22(20)18-23)36-31(35)25-13-7-11-21-10-6-12-24(28(21)25)30-33-26-14-4-5-15-27(26)37-30/h2-19H,1H3,(H,32,34). The third kappa shape index (κ3) is 4.29. The number of benzene rings is 5. The number of carbonyl (C=O) groups excluding carboxylic acids is 2. The first-order chi connectivity index (χ1) is 18.1. The molecule has 6 heteroatoms. The SMILES string of the molecule is CC(OC(=O)c1cccc2cccc(-c3nc4ccccc4o3)c12)C(=O)Nc1ccc2ccccc2c1. The van der Waals surface area contributed by atoms with E-state index in [1.54, 1.807) is 19.1 Å². The largest absolute Gasteiger partial charge is 0.449 e. The molecule has 0 aliphatic carbocycles. The number of oxazole rings is 1. The lowest BCUT2D eigenvalue weighted by molar-refractivity contribution is -0.123. The lowest BCUT2D eigenvalue weighted by atomic mass is 9.99. The number of anilines is 1. The Morgan fingerprint density at radius 1 is 0.811 bits per heavy atom. The van der Waals surface area contributed by atoms with Gasteiger partial charge in [0, 0.05) is 16.6 Å². The van der Waals surface area contributed by atoms with Crippen LogP contribution in [-0.2, 0) is 9.53 Å². The molecule has 6 nitrogen and oxygen atoms in total. The second-order valence-corrected chi connectivity index (χ2v) is 8.79. The van der Waals surface area contributed by atoms with Gasteiger partial charge in [-0.15, -0.1) is 0 Å². The van der Waals surface area contributed by atoms with Crippen LogP contribution in [0, 0.1) is 0 Å². The fourth-order valence-corrected chi connectivity index (χ4v) is 4.47. The van der Waals surface area contributed by atoms with Crippen LogP contribution in [0.15, 0.2) is 108 Å². The van der Waals surface area contributed by atoms with Gasteiger partial charge in [-0.2, -0.15) is 0 Å². The minimum Gasteiger partial charge on any atom is -0.449 e. The van der Waals surface area contributed by atoms with Crippen molar-refractivity contribution in [3.8, 4) is 11.5 Å². The molecule has 1 unspecified atom stereocenters. The summed E-state index contributed by atoms with van der Waals surface area (Å²) in [6.07, 6.45) is -1.01. The maximum atomic E-state index is 13.3. The lowest BCUT2D eigenvalue weighted by Crippen LogP contribution is -2.30. The zero-order chi connectivity index (χ0) is 25.4. The molecule has 6 aromatic rings. The van der Waals surface area contributed by atoms with E-state index in [0.29, 0.717) is 33.7 Å². The van der Waals surface area contributed by atoms with Crippen molar-refractivity contribution in [1.29, 1.82) is 0 Å². The molecule has 180 valence electrons. The molecule has 0 fully saturated rings. The van der Waals surface area contributed by atoms with Crippen molar-refractivity contribution in [2.24, 2.45) is 0 Å². The number of ether oxygens (including phenoxy) is 1. The molecule has 1 amide bonds. The Bertz CT molecular complexity index is 1770. The molecule has 1 N–H and O–H groups in total. The van der Waals surface area contributed by atoms with E-state index < -0.39 is 18.0 Å². The molecule has 0 saturated heterocycles. The van der Waals surface area contributed by atoms with Gasteiger partial charge in [0.25, 0.3) is 5.91 Å². The summed E-state index contributed by atoms with van der Waals surface area (Å²) in [5.41, 5.74) is 3.03. The maximum Gasteiger partial charge on any atom is 0.339 e. The first-order valence-electron chi connectivity index (χ1n) is 12.0. The second-order valence-electron chi connectivity index (χ2n) is 8.79. The summed E-state index contributed by atoms with van der Waals surface area (Å²) in [5, 5.41) is 6.41. The van der Waals surface area contributed by atoms with Crippen LogP contribution >= 0.6 is 0 Å². The zero-order valence-electron chi connectivity index (χ0n) is 20.0. The number of para-hydroxylation sites is 2. The molecular weight excluding hydrogens is 464 g/mol. The van der Waals surface area contributed by atoms with Gasteiger partial charge < -0.3 is 14.5 Å². The summed E-state index contributed by atoms with van der Waals surface area (Å²) in [4.78, 5) is 30.8.